The summed E-state index contributed by atoms with van der Waals surface area (Å²) in [5.74, 6) is -1.12. The highest BCUT2D eigenvalue weighted by Crippen LogP contribution is 2.13. The van der Waals surface area contributed by atoms with Crippen LogP contribution in [0.15, 0.2) is 12.2 Å². The summed E-state index contributed by atoms with van der Waals surface area (Å²) < 4.78 is 10.7. The minimum atomic E-state index is -0.960. The number of ether oxygens (including phenoxy) is 2. The number of carboxylic acid groups (broad SMARTS) is 1. The van der Waals surface area contributed by atoms with Crippen molar-refractivity contribution in [2.24, 2.45) is 0 Å². The van der Waals surface area contributed by atoms with Gasteiger partial charge in [0, 0.05) is 33.7 Å². The molecule has 6 heteroatoms. The maximum Gasteiger partial charge on any atom is 0.303 e. The molecule has 0 spiro atoms. The van der Waals surface area contributed by atoms with Gasteiger partial charge in [-0.25, -0.2) is 0 Å². The largest absolute Gasteiger partial charge is 0.481 e. The van der Waals surface area contributed by atoms with E-state index < -0.39 is 5.97 Å². The quantitative estimate of drug-likeness (QED) is 0.744. The first-order valence-electron chi connectivity index (χ1n) is 6.30. The highest BCUT2D eigenvalue weighted by Gasteiger charge is 2.25. The Labute approximate surface area is 113 Å². The van der Waals surface area contributed by atoms with E-state index >= 15 is 0 Å². The van der Waals surface area contributed by atoms with E-state index in [1.807, 2.05) is 12.2 Å². The molecule has 108 valence electrons. The van der Waals surface area contributed by atoms with Crippen LogP contribution in [0.1, 0.15) is 19.3 Å². The number of amides is 1. The van der Waals surface area contributed by atoms with E-state index in [-0.39, 0.29) is 31.0 Å². The van der Waals surface area contributed by atoms with Gasteiger partial charge in [-0.1, -0.05) is 12.2 Å². The molecule has 1 amide bonds. The third-order valence-electron chi connectivity index (χ3n) is 3.14. The van der Waals surface area contributed by atoms with Gasteiger partial charge in [-0.05, 0) is 6.42 Å². The van der Waals surface area contributed by atoms with Crippen molar-refractivity contribution in [1.82, 2.24) is 4.90 Å². The topological polar surface area (TPSA) is 76.1 Å². The molecule has 1 N–H and O–H groups in total. The summed E-state index contributed by atoms with van der Waals surface area (Å²) in [6.07, 6.45) is 4.07. The van der Waals surface area contributed by atoms with Crippen molar-refractivity contribution in [2.75, 3.05) is 27.3 Å². The van der Waals surface area contributed by atoms with Gasteiger partial charge in [0.05, 0.1) is 6.42 Å². The SMILES string of the molecule is CO[C@H]1C=CCCN(C(=O)CCC(=O)O)C[C@@H]1OC. The lowest BCUT2D eigenvalue weighted by Gasteiger charge is -2.31. The number of aliphatic carboxylic acids is 1. The number of carboxylic acids is 1. The van der Waals surface area contributed by atoms with Crippen molar-refractivity contribution >= 4 is 11.9 Å². The Balaban J connectivity index is 2.65. The molecule has 0 aromatic heterocycles. The van der Waals surface area contributed by atoms with Crippen molar-refractivity contribution < 1.29 is 24.2 Å². The van der Waals surface area contributed by atoms with Crippen molar-refractivity contribution in [3.63, 3.8) is 0 Å². The Kier molecular flexibility index (Phi) is 6.52. The summed E-state index contributed by atoms with van der Waals surface area (Å²) in [6.45, 7) is 0.989. The first-order valence-corrected chi connectivity index (χ1v) is 6.30. The lowest BCUT2D eigenvalue weighted by atomic mass is 10.1. The van der Waals surface area contributed by atoms with Crippen LogP contribution in [0.4, 0.5) is 0 Å². The summed E-state index contributed by atoms with van der Waals surface area (Å²) in [5, 5.41) is 8.61. The standard InChI is InChI=1S/C13H21NO5/c1-18-10-5-3-4-8-14(9-11(10)19-2)12(15)6-7-13(16)17/h3,5,10-11H,4,6-9H2,1-2H3,(H,16,17)/t10-,11-/m0/s1. The van der Waals surface area contributed by atoms with Crippen molar-refractivity contribution in [3.8, 4) is 0 Å². The summed E-state index contributed by atoms with van der Waals surface area (Å²) >= 11 is 0. The maximum absolute atomic E-state index is 12.0. The molecule has 0 saturated carbocycles. The van der Waals surface area contributed by atoms with Crippen LogP contribution in [-0.4, -0.2) is 61.4 Å². The number of hydrogen-bond acceptors (Lipinski definition) is 4. The van der Waals surface area contributed by atoms with Gasteiger partial charge in [-0.3, -0.25) is 9.59 Å². The third kappa shape index (κ3) is 5.00. The Morgan fingerprint density at radius 3 is 2.63 bits per heavy atom. The normalized spacial score (nSPS) is 23.8. The number of carbonyl (C=O) groups is 2. The molecule has 1 aliphatic heterocycles. The molecule has 1 rings (SSSR count). The molecule has 0 aromatic rings. The van der Waals surface area contributed by atoms with Gasteiger partial charge in [0.2, 0.25) is 5.91 Å². The Morgan fingerprint density at radius 1 is 1.32 bits per heavy atom. The van der Waals surface area contributed by atoms with E-state index in [1.54, 1.807) is 19.1 Å². The fourth-order valence-corrected chi connectivity index (χ4v) is 2.03. The Bertz CT molecular complexity index is 342. The van der Waals surface area contributed by atoms with Gasteiger partial charge in [0.15, 0.2) is 0 Å². The van der Waals surface area contributed by atoms with Crippen LogP contribution in [-0.2, 0) is 19.1 Å². The smallest absolute Gasteiger partial charge is 0.303 e. The molecule has 0 saturated heterocycles. The van der Waals surface area contributed by atoms with E-state index in [1.165, 1.54) is 0 Å². The lowest BCUT2D eigenvalue weighted by Crippen LogP contribution is -2.44. The summed E-state index contributed by atoms with van der Waals surface area (Å²) in [7, 11) is 3.17. The number of hydrogen-bond donors (Lipinski definition) is 1. The lowest BCUT2D eigenvalue weighted by molar-refractivity contribution is -0.142. The molecule has 0 aromatic carbocycles. The molecule has 0 fully saturated rings. The molecular formula is C13H21NO5. The maximum atomic E-state index is 12.0. The summed E-state index contributed by atoms with van der Waals surface area (Å²) in [5.41, 5.74) is 0. The second-order valence-electron chi connectivity index (χ2n) is 4.42. The number of methoxy groups -OCH3 is 2. The average Bonchev–Trinajstić information content (AvgIpc) is 2.36. The minimum absolute atomic E-state index is 0.0210. The summed E-state index contributed by atoms with van der Waals surface area (Å²) in [4.78, 5) is 24.1. The van der Waals surface area contributed by atoms with Crippen molar-refractivity contribution in [1.29, 1.82) is 0 Å². The molecule has 0 unspecified atom stereocenters. The van der Waals surface area contributed by atoms with Gasteiger partial charge < -0.3 is 19.5 Å². The predicted molar refractivity (Wildman–Crippen MR) is 68.8 cm³/mol. The van der Waals surface area contributed by atoms with Crippen LogP contribution in [0.25, 0.3) is 0 Å². The van der Waals surface area contributed by atoms with E-state index in [2.05, 4.69) is 0 Å². The van der Waals surface area contributed by atoms with Gasteiger partial charge in [-0.15, -0.1) is 0 Å². The zero-order chi connectivity index (χ0) is 14.3. The number of nitrogens with zero attached hydrogens (tertiary/aromatic N) is 1. The molecule has 0 aliphatic carbocycles. The molecule has 2 atom stereocenters. The molecule has 6 nitrogen and oxygen atoms in total. The van der Waals surface area contributed by atoms with Crippen molar-refractivity contribution in [3.05, 3.63) is 12.2 Å². The van der Waals surface area contributed by atoms with Gasteiger partial charge >= 0.3 is 5.97 Å². The fourth-order valence-electron chi connectivity index (χ4n) is 2.03. The number of rotatable bonds is 5. The van der Waals surface area contributed by atoms with Crippen LogP contribution >= 0.6 is 0 Å². The van der Waals surface area contributed by atoms with Crippen LogP contribution < -0.4 is 0 Å². The Morgan fingerprint density at radius 2 is 2.05 bits per heavy atom. The van der Waals surface area contributed by atoms with Gasteiger partial charge in [0.1, 0.15) is 12.2 Å². The zero-order valence-corrected chi connectivity index (χ0v) is 11.4. The van der Waals surface area contributed by atoms with E-state index in [0.29, 0.717) is 13.1 Å². The zero-order valence-electron chi connectivity index (χ0n) is 11.4. The van der Waals surface area contributed by atoms with Crippen LogP contribution in [0.5, 0.6) is 0 Å². The second-order valence-corrected chi connectivity index (χ2v) is 4.42. The third-order valence-corrected chi connectivity index (χ3v) is 3.14. The summed E-state index contributed by atoms with van der Waals surface area (Å²) in [6, 6.07) is 0. The first-order chi connectivity index (χ1) is 9.08. The van der Waals surface area contributed by atoms with E-state index in [4.69, 9.17) is 14.6 Å². The highest BCUT2D eigenvalue weighted by molar-refractivity contribution is 5.80. The van der Waals surface area contributed by atoms with E-state index in [0.717, 1.165) is 6.42 Å². The second kappa shape index (κ2) is 7.91. The van der Waals surface area contributed by atoms with Gasteiger partial charge in [-0.2, -0.15) is 0 Å². The molecule has 19 heavy (non-hydrogen) atoms. The monoisotopic (exact) mass is 271 g/mol. The molecule has 1 aliphatic rings. The van der Waals surface area contributed by atoms with Crippen LogP contribution in [0.2, 0.25) is 0 Å². The predicted octanol–water partition coefficient (Wildman–Crippen LogP) is 0.670. The average molecular weight is 271 g/mol. The van der Waals surface area contributed by atoms with E-state index in [9.17, 15) is 9.59 Å². The molecular weight excluding hydrogens is 250 g/mol. The minimum Gasteiger partial charge on any atom is -0.481 e. The molecule has 1 heterocycles. The highest BCUT2D eigenvalue weighted by atomic mass is 16.5. The van der Waals surface area contributed by atoms with Crippen LogP contribution in [0.3, 0.4) is 0 Å². The van der Waals surface area contributed by atoms with Crippen LogP contribution in [0, 0.1) is 0 Å². The number of carbonyl (C=O) groups excluding carboxylic acids is 1. The molecule has 0 bridgehead atoms. The van der Waals surface area contributed by atoms with Crippen molar-refractivity contribution in [2.45, 2.75) is 31.5 Å². The molecule has 0 radical (unpaired) electrons. The first kappa shape index (κ1) is 15.7. The van der Waals surface area contributed by atoms with Gasteiger partial charge in [0.25, 0.3) is 0 Å². The fraction of sp³-hybridized carbons (Fsp3) is 0.692. The Hall–Kier alpha value is -1.40.